The molecule has 1 saturated heterocycles. The lowest BCUT2D eigenvalue weighted by Gasteiger charge is -2.34. The summed E-state index contributed by atoms with van der Waals surface area (Å²) in [5.41, 5.74) is 0.868. The number of hydrogen-bond acceptors (Lipinski definition) is 10. The second kappa shape index (κ2) is 12.8. The third-order valence-corrected chi connectivity index (χ3v) is 9.77. The molecule has 2 bridgehead atoms. The van der Waals surface area contributed by atoms with Crippen LogP contribution in [0.15, 0.2) is 28.8 Å². The van der Waals surface area contributed by atoms with E-state index in [1.807, 2.05) is 53.7 Å². The summed E-state index contributed by atoms with van der Waals surface area (Å²) in [4.78, 5) is 55.2. The molecule has 47 heavy (non-hydrogen) atoms. The Balaban J connectivity index is 1.31. The number of fused-ring (bicyclic) bond motifs is 5. The van der Waals surface area contributed by atoms with Crippen LogP contribution in [-0.2, 0) is 27.4 Å². The third kappa shape index (κ3) is 7.06. The van der Waals surface area contributed by atoms with Gasteiger partial charge in [-0.3, -0.25) is 4.79 Å². The fraction of sp³-hybridized carbons (Fsp3) is 0.600. The maximum absolute atomic E-state index is 14.1. The van der Waals surface area contributed by atoms with Gasteiger partial charge in [-0.05, 0) is 57.1 Å². The smallest absolute Gasteiger partial charge is 0.408 e. The number of nitrogens with zero attached hydrogens (tertiary/aromatic N) is 4. The minimum Gasteiger partial charge on any atom is -0.484 e. The number of rotatable bonds is 4. The SMILES string of the molecule is Cc1cnc(COc2ccc3nc4c(nc3c2)O[C@H]2CN(C(=O)[C@H](C(C)(C)C)NC(=O)O[C@]3(C)C[C@H]3CCCCC4)[C@H](C=O)[C@@H]2C)o1. The predicted molar refractivity (Wildman–Crippen MR) is 172 cm³/mol. The first-order chi connectivity index (χ1) is 22.3. The Hall–Kier alpha value is -4.22. The molecule has 2 aromatic heterocycles. The number of ether oxygens (including phenoxy) is 3. The van der Waals surface area contributed by atoms with E-state index in [4.69, 9.17) is 28.6 Å². The number of nitrogens with one attached hydrogen (secondary N) is 1. The summed E-state index contributed by atoms with van der Waals surface area (Å²) in [6, 6.07) is 3.88. The Morgan fingerprint density at radius 1 is 1.15 bits per heavy atom. The van der Waals surface area contributed by atoms with E-state index in [0.717, 1.165) is 44.1 Å². The molecule has 1 aromatic carbocycles. The molecule has 6 rings (SSSR count). The zero-order valence-electron chi connectivity index (χ0n) is 28.1. The van der Waals surface area contributed by atoms with Crippen molar-refractivity contribution in [1.82, 2.24) is 25.2 Å². The van der Waals surface area contributed by atoms with E-state index >= 15 is 0 Å². The highest BCUT2D eigenvalue weighted by molar-refractivity contribution is 5.89. The van der Waals surface area contributed by atoms with Crippen LogP contribution in [0.25, 0.3) is 11.0 Å². The summed E-state index contributed by atoms with van der Waals surface area (Å²) in [5.74, 6) is 1.75. The minimum atomic E-state index is -0.905. The molecule has 0 radical (unpaired) electrons. The standard InChI is InChI=1S/C35H45N5O7/c1-20-16-36-29(45-20)19-44-23-12-13-24-26(14-23)38-31-25(37-24)11-9-7-8-10-22-15-35(22,6)47-33(43)39-30(34(3,4)5)32(42)40-17-28(46-31)21(2)27(40)18-41/h12-14,16,18,21-22,27-28,30H,7-11,15,17,19H2,1-6H3,(H,39,43)/t21-,22+,27+,28-,30+,35+/m0/s1. The monoisotopic (exact) mass is 647 g/mol. The molecule has 1 aliphatic carbocycles. The molecule has 2 amide bonds. The molecular weight excluding hydrogens is 602 g/mol. The summed E-state index contributed by atoms with van der Waals surface area (Å²) < 4.78 is 23.9. The fourth-order valence-corrected chi connectivity index (χ4v) is 6.72. The molecule has 2 aliphatic heterocycles. The zero-order chi connectivity index (χ0) is 33.5. The minimum absolute atomic E-state index is 0.157. The quantitative estimate of drug-likeness (QED) is 0.369. The zero-order valence-corrected chi connectivity index (χ0v) is 28.1. The van der Waals surface area contributed by atoms with E-state index in [2.05, 4.69) is 10.3 Å². The van der Waals surface area contributed by atoms with Gasteiger partial charge in [0.25, 0.3) is 0 Å². The van der Waals surface area contributed by atoms with Crippen molar-refractivity contribution in [3.05, 3.63) is 41.7 Å². The largest absolute Gasteiger partial charge is 0.484 e. The summed E-state index contributed by atoms with van der Waals surface area (Å²) >= 11 is 0. The second-order valence-corrected chi connectivity index (χ2v) is 14.6. The average Bonchev–Trinajstić information content (AvgIpc) is 3.28. The van der Waals surface area contributed by atoms with Gasteiger partial charge in [0.05, 0.1) is 29.8 Å². The molecule has 1 N–H and O–H groups in total. The molecule has 3 aromatic rings. The van der Waals surface area contributed by atoms with Crippen molar-refractivity contribution in [2.45, 2.75) is 110 Å². The number of carbonyl (C=O) groups excluding carboxylic acids is 3. The maximum Gasteiger partial charge on any atom is 0.408 e. The molecule has 1 saturated carbocycles. The molecule has 4 heterocycles. The number of oxazole rings is 1. The number of benzene rings is 1. The Labute approximate surface area is 274 Å². The van der Waals surface area contributed by atoms with Crippen LogP contribution in [0.1, 0.15) is 84.1 Å². The van der Waals surface area contributed by atoms with Crippen molar-refractivity contribution in [2.24, 2.45) is 17.3 Å². The van der Waals surface area contributed by atoms with Crippen molar-refractivity contribution >= 4 is 29.3 Å². The molecule has 12 nitrogen and oxygen atoms in total. The van der Waals surface area contributed by atoms with Gasteiger partial charge in [-0.2, -0.15) is 0 Å². The van der Waals surface area contributed by atoms with Crippen LogP contribution in [-0.4, -0.2) is 68.5 Å². The van der Waals surface area contributed by atoms with Gasteiger partial charge in [0.15, 0.2) is 6.61 Å². The van der Waals surface area contributed by atoms with Crippen LogP contribution < -0.4 is 14.8 Å². The highest BCUT2D eigenvalue weighted by Crippen LogP contribution is 2.49. The van der Waals surface area contributed by atoms with Crippen LogP contribution in [0.3, 0.4) is 0 Å². The number of hydrogen-bond donors (Lipinski definition) is 1. The van der Waals surface area contributed by atoms with Gasteiger partial charge in [-0.1, -0.05) is 40.5 Å². The molecule has 252 valence electrons. The number of aldehydes is 1. The fourth-order valence-electron chi connectivity index (χ4n) is 6.72. The van der Waals surface area contributed by atoms with E-state index < -0.39 is 35.3 Å². The highest BCUT2D eigenvalue weighted by atomic mass is 16.6. The molecule has 12 heteroatoms. The van der Waals surface area contributed by atoms with Gasteiger partial charge in [-0.15, -0.1) is 0 Å². The lowest BCUT2D eigenvalue weighted by molar-refractivity contribution is -0.139. The van der Waals surface area contributed by atoms with E-state index in [0.29, 0.717) is 40.7 Å². The van der Waals surface area contributed by atoms with Gasteiger partial charge in [0, 0.05) is 17.9 Å². The number of alkyl carbamates (subject to hydrolysis) is 1. The first kappa shape index (κ1) is 32.7. The maximum atomic E-state index is 14.1. The molecule has 3 aliphatic rings. The summed E-state index contributed by atoms with van der Waals surface area (Å²) in [5, 5.41) is 2.85. The lowest BCUT2D eigenvalue weighted by atomic mass is 9.85. The van der Waals surface area contributed by atoms with Crippen molar-refractivity contribution < 1.29 is 33.0 Å². The molecule has 0 spiro atoms. The normalized spacial score (nSPS) is 28.6. The van der Waals surface area contributed by atoms with E-state index in [1.165, 1.54) is 4.90 Å². The highest BCUT2D eigenvalue weighted by Gasteiger charge is 2.54. The Bertz CT molecular complexity index is 1650. The Kier molecular flexibility index (Phi) is 8.88. The summed E-state index contributed by atoms with van der Waals surface area (Å²) in [6.07, 6.45) is 6.56. The van der Waals surface area contributed by atoms with Crippen LogP contribution in [0, 0.1) is 24.2 Å². The van der Waals surface area contributed by atoms with Crippen LogP contribution in [0.2, 0.25) is 0 Å². The number of carbonyl (C=O) groups is 3. The van der Waals surface area contributed by atoms with Gasteiger partial charge >= 0.3 is 6.09 Å². The van der Waals surface area contributed by atoms with E-state index in [1.54, 1.807) is 12.3 Å². The van der Waals surface area contributed by atoms with E-state index in [-0.39, 0.29) is 30.9 Å². The van der Waals surface area contributed by atoms with Crippen molar-refractivity contribution in [3.63, 3.8) is 0 Å². The molecule has 2 fully saturated rings. The number of aromatic nitrogens is 3. The van der Waals surface area contributed by atoms with E-state index in [9.17, 15) is 14.4 Å². The Morgan fingerprint density at radius 2 is 1.96 bits per heavy atom. The van der Waals surface area contributed by atoms with Gasteiger partial charge < -0.3 is 33.6 Å². The second-order valence-electron chi connectivity index (χ2n) is 14.6. The van der Waals surface area contributed by atoms with Crippen molar-refractivity contribution in [2.75, 3.05) is 6.54 Å². The van der Waals surface area contributed by atoms with Gasteiger partial charge in [-0.25, -0.2) is 19.7 Å². The lowest BCUT2D eigenvalue weighted by Crippen LogP contribution is -2.56. The molecular formula is C35H45N5O7. The van der Waals surface area contributed by atoms with Crippen LogP contribution >= 0.6 is 0 Å². The third-order valence-electron chi connectivity index (χ3n) is 9.77. The molecule has 6 atom stereocenters. The van der Waals surface area contributed by atoms with Gasteiger partial charge in [0.1, 0.15) is 41.2 Å². The van der Waals surface area contributed by atoms with Crippen molar-refractivity contribution in [1.29, 1.82) is 0 Å². The first-order valence-electron chi connectivity index (χ1n) is 16.6. The van der Waals surface area contributed by atoms with Crippen LogP contribution in [0.5, 0.6) is 11.6 Å². The van der Waals surface area contributed by atoms with Crippen molar-refractivity contribution in [3.8, 4) is 11.6 Å². The van der Waals surface area contributed by atoms with Gasteiger partial charge in [0.2, 0.25) is 17.7 Å². The number of amides is 2. The van der Waals surface area contributed by atoms with Crippen LogP contribution in [0.4, 0.5) is 4.79 Å². The first-order valence-corrected chi connectivity index (χ1v) is 16.6. The topological polar surface area (TPSA) is 146 Å². The number of aryl methyl sites for hydroxylation is 2. The molecule has 0 unspecified atom stereocenters. The Morgan fingerprint density at radius 3 is 2.68 bits per heavy atom. The summed E-state index contributed by atoms with van der Waals surface area (Å²) in [6.45, 7) is 11.7. The average molecular weight is 648 g/mol. The predicted octanol–water partition coefficient (Wildman–Crippen LogP) is 5.33. The summed E-state index contributed by atoms with van der Waals surface area (Å²) in [7, 11) is 0.